The second-order valence-electron chi connectivity index (χ2n) is 4.86. The largest absolute Gasteiger partial charge is 0.326 e. The van der Waals surface area contributed by atoms with E-state index in [0.29, 0.717) is 6.42 Å². The van der Waals surface area contributed by atoms with Crippen LogP contribution in [0.3, 0.4) is 0 Å². The lowest BCUT2D eigenvalue weighted by Gasteiger charge is -2.16. The van der Waals surface area contributed by atoms with Crippen molar-refractivity contribution >= 4 is 23.2 Å². The Morgan fingerprint density at radius 1 is 1.26 bits per heavy atom. The molecule has 2 nitrogen and oxygen atoms in total. The summed E-state index contributed by atoms with van der Waals surface area (Å²) in [6.45, 7) is 8.28. The summed E-state index contributed by atoms with van der Waals surface area (Å²) < 4.78 is 0. The topological polar surface area (TPSA) is 29.1 Å². The Morgan fingerprint density at radius 3 is 2.47 bits per heavy atom. The van der Waals surface area contributed by atoms with Crippen molar-refractivity contribution in [2.75, 3.05) is 5.32 Å². The average molecular weight is 282 g/mol. The van der Waals surface area contributed by atoms with E-state index in [2.05, 4.69) is 32.2 Å². The molecular formula is C16H24ClNO. The SMILES string of the molecule is CCCCC(=O)Nc1cc(CC)c(CC)c(Cl)c1C. The average Bonchev–Trinajstić information content (AvgIpc) is 2.41. The van der Waals surface area contributed by atoms with Gasteiger partial charge in [0, 0.05) is 17.1 Å². The number of carbonyl (C=O) groups is 1. The van der Waals surface area contributed by atoms with Gasteiger partial charge in [-0.15, -0.1) is 0 Å². The van der Waals surface area contributed by atoms with Gasteiger partial charge in [-0.3, -0.25) is 4.79 Å². The number of hydrogen-bond acceptors (Lipinski definition) is 1. The van der Waals surface area contributed by atoms with Crippen LogP contribution in [0.2, 0.25) is 5.02 Å². The van der Waals surface area contributed by atoms with Gasteiger partial charge >= 0.3 is 0 Å². The summed E-state index contributed by atoms with van der Waals surface area (Å²) in [5.74, 6) is 0.0762. The number of rotatable bonds is 6. The summed E-state index contributed by atoms with van der Waals surface area (Å²) in [6.07, 6.45) is 4.38. The van der Waals surface area contributed by atoms with Crippen LogP contribution in [-0.2, 0) is 17.6 Å². The lowest BCUT2D eigenvalue weighted by molar-refractivity contribution is -0.116. The Balaban J connectivity index is 3.02. The van der Waals surface area contributed by atoms with Crippen molar-refractivity contribution in [2.24, 2.45) is 0 Å². The molecule has 0 aliphatic rings. The fraction of sp³-hybridized carbons (Fsp3) is 0.562. The van der Waals surface area contributed by atoms with Crippen LogP contribution in [0, 0.1) is 6.92 Å². The monoisotopic (exact) mass is 281 g/mol. The van der Waals surface area contributed by atoms with Crippen LogP contribution < -0.4 is 5.32 Å². The molecule has 0 fully saturated rings. The molecule has 0 unspecified atom stereocenters. The van der Waals surface area contributed by atoms with Crippen molar-refractivity contribution in [3.8, 4) is 0 Å². The second-order valence-corrected chi connectivity index (χ2v) is 5.24. The van der Waals surface area contributed by atoms with Crippen molar-refractivity contribution in [1.29, 1.82) is 0 Å². The number of halogens is 1. The highest BCUT2D eigenvalue weighted by molar-refractivity contribution is 6.32. The Labute approximate surface area is 121 Å². The molecule has 1 N–H and O–H groups in total. The highest BCUT2D eigenvalue weighted by atomic mass is 35.5. The Hall–Kier alpha value is -1.02. The molecule has 0 saturated heterocycles. The number of anilines is 1. The maximum atomic E-state index is 11.8. The minimum atomic E-state index is 0.0762. The van der Waals surface area contributed by atoms with E-state index in [1.165, 1.54) is 11.1 Å². The van der Waals surface area contributed by atoms with Crippen LogP contribution in [-0.4, -0.2) is 5.91 Å². The summed E-state index contributed by atoms with van der Waals surface area (Å²) >= 11 is 6.42. The number of nitrogens with one attached hydrogen (secondary N) is 1. The molecule has 0 radical (unpaired) electrons. The van der Waals surface area contributed by atoms with E-state index in [0.717, 1.165) is 42.0 Å². The first-order chi connectivity index (χ1) is 9.04. The minimum absolute atomic E-state index is 0.0762. The Morgan fingerprint density at radius 2 is 1.95 bits per heavy atom. The van der Waals surface area contributed by atoms with Gasteiger partial charge in [-0.25, -0.2) is 0 Å². The number of hydrogen-bond donors (Lipinski definition) is 1. The zero-order valence-corrected chi connectivity index (χ0v) is 13.2. The summed E-state index contributed by atoms with van der Waals surface area (Å²) in [5.41, 5.74) is 4.26. The molecule has 1 rings (SSSR count). The molecule has 0 heterocycles. The minimum Gasteiger partial charge on any atom is -0.326 e. The molecule has 0 bridgehead atoms. The molecule has 3 heteroatoms. The summed E-state index contributed by atoms with van der Waals surface area (Å²) in [5, 5.41) is 3.79. The third kappa shape index (κ3) is 3.97. The molecule has 19 heavy (non-hydrogen) atoms. The molecule has 0 aliphatic heterocycles. The van der Waals surface area contributed by atoms with Gasteiger partial charge in [-0.05, 0) is 48.9 Å². The zero-order chi connectivity index (χ0) is 14.4. The van der Waals surface area contributed by atoms with Gasteiger partial charge < -0.3 is 5.32 Å². The van der Waals surface area contributed by atoms with Crippen LogP contribution in [0.25, 0.3) is 0 Å². The van der Waals surface area contributed by atoms with Gasteiger partial charge in [0.25, 0.3) is 0 Å². The van der Waals surface area contributed by atoms with E-state index in [1.807, 2.05) is 6.92 Å². The van der Waals surface area contributed by atoms with Crippen LogP contribution in [0.1, 0.15) is 56.7 Å². The molecule has 1 aromatic rings. The highest BCUT2D eigenvalue weighted by Crippen LogP contribution is 2.31. The van der Waals surface area contributed by atoms with Gasteiger partial charge in [0.1, 0.15) is 0 Å². The number of benzene rings is 1. The van der Waals surface area contributed by atoms with E-state index in [1.54, 1.807) is 0 Å². The molecule has 1 aromatic carbocycles. The van der Waals surface area contributed by atoms with E-state index >= 15 is 0 Å². The fourth-order valence-corrected chi connectivity index (χ4v) is 2.59. The quantitative estimate of drug-likeness (QED) is 0.789. The Bertz CT molecular complexity index is 455. The Kier molecular flexibility index (Phi) is 6.36. The summed E-state index contributed by atoms with van der Waals surface area (Å²) in [4.78, 5) is 11.8. The lowest BCUT2D eigenvalue weighted by Crippen LogP contribution is -2.13. The fourth-order valence-electron chi connectivity index (χ4n) is 2.23. The maximum Gasteiger partial charge on any atom is 0.224 e. The predicted octanol–water partition coefficient (Wildman–Crippen LogP) is 4.90. The van der Waals surface area contributed by atoms with Gasteiger partial charge in [0.15, 0.2) is 0 Å². The van der Waals surface area contributed by atoms with E-state index in [4.69, 9.17) is 11.6 Å². The molecule has 1 amide bonds. The van der Waals surface area contributed by atoms with Gasteiger partial charge in [-0.1, -0.05) is 38.8 Å². The lowest BCUT2D eigenvalue weighted by atomic mass is 9.98. The van der Waals surface area contributed by atoms with Gasteiger partial charge in [0.05, 0.1) is 0 Å². The molecule has 0 aromatic heterocycles. The standard InChI is InChI=1S/C16H24ClNO/c1-5-8-9-15(19)18-14-10-12(6-2)13(7-3)16(17)11(14)4/h10H,5-9H2,1-4H3,(H,18,19). The number of carbonyl (C=O) groups excluding carboxylic acids is 1. The van der Waals surface area contributed by atoms with Crippen molar-refractivity contribution in [3.63, 3.8) is 0 Å². The van der Waals surface area contributed by atoms with Crippen molar-refractivity contribution in [3.05, 3.63) is 27.8 Å². The molecule has 0 atom stereocenters. The summed E-state index contributed by atoms with van der Waals surface area (Å²) in [7, 11) is 0. The molecule has 0 aliphatic carbocycles. The molecule has 0 saturated carbocycles. The van der Waals surface area contributed by atoms with Gasteiger partial charge in [0.2, 0.25) is 5.91 Å². The van der Waals surface area contributed by atoms with Crippen LogP contribution in [0.15, 0.2) is 6.07 Å². The third-order valence-electron chi connectivity index (χ3n) is 3.47. The van der Waals surface area contributed by atoms with Crippen molar-refractivity contribution < 1.29 is 4.79 Å². The summed E-state index contributed by atoms with van der Waals surface area (Å²) in [6, 6.07) is 2.07. The predicted molar refractivity (Wildman–Crippen MR) is 83.1 cm³/mol. The second kappa shape index (κ2) is 7.54. The molecule has 0 spiro atoms. The van der Waals surface area contributed by atoms with Crippen molar-refractivity contribution in [1.82, 2.24) is 0 Å². The van der Waals surface area contributed by atoms with Gasteiger partial charge in [-0.2, -0.15) is 0 Å². The zero-order valence-electron chi connectivity index (χ0n) is 12.4. The highest BCUT2D eigenvalue weighted by Gasteiger charge is 2.13. The first kappa shape index (κ1) is 16.0. The van der Waals surface area contributed by atoms with E-state index in [-0.39, 0.29) is 5.91 Å². The number of unbranched alkanes of at least 4 members (excludes halogenated alkanes) is 1. The van der Waals surface area contributed by atoms with Crippen LogP contribution >= 0.6 is 11.6 Å². The van der Waals surface area contributed by atoms with E-state index < -0.39 is 0 Å². The van der Waals surface area contributed by atoms with Crippen LogP contribution in [0.4, 0.5) is 5.69 Å². The first-order valence-corrected chi connectivity index (χ1v) is 7.53. The van der Waals surface area contributed by atoms with E-state index in [9.17, 15) is 4.79 Å². The van der Waals surface area contributed by atoms with Crippen molar-refractivity contribution in [2.45, 2.75) is 59.8 Å². The molecule has 106 valence electrons. The molecular weight excluding hydrogens is 258 g/mol. The first-order valence-electron chi connectivity index (χ1n) is 7.15. The number of aryl methyl sites for hydroxylation is 1. The van der Waals surface area contributed by atoms with Crippen LogP contribution in [0.5, 0.6) is 0 Å². The third-order valence-corrected chi connectivity index (χ3v) is 3.98. The number of amides is 1. The normalized spacial score (nSPS) is 10.6. The maximum absolute atomic E-state index is 11.8. The smallest absolute Gasteiger partial charge is 0.224 e.